The van der Waals surface area contributed by atoms with Gasteiger partial charge in [0.05, 0.1) is 17.7 Å². The summed E-state index contributed by atoms with van der Waals surface area (Å²) in [5.74, 6) is -1.06. The highest BCUT2D eigenvalue weighted by Crippen LogP contribution is 2.22. The molecule has 0 aliphatic carbocycles. The number of carbonyl (C=O) groups excluding carboxylic acids is 1. The van der Waals surface area contributed by atoms with Crippen LogP contribution in [0.2, 0.25) is 5.02 Å². The van der Waals surface area contributed by atoms with E-state index in [1.807, 2.05) is 24.3 Å². The zero-order valence-electron chi connectivity index (χ0n) is 19.7. The predicted octanol–water partition coefficient (Wildman–Crippen LogP) is 5.12. The fraction of sp³-hybridized carbons (Fsp3) is 0.231. The third kappa shape index (κ3) is 7.45. The molecule has 0 unspecified atom stereocenters. The van der Waals surface area contributed by atoms with Crippen LogP contribution in [0.4, 0.5) is 4.39 Å². The van der Waals surface area contributed by atoms with Crippen LogP contribution in [-0.2, 0) is 26.8 Å². The number of sulfonamides is 1. The van der Waals surface area contributed by atoms with Crippen LogP contribution < -0.4 is 5.43 Å². The molecule has 35 heavy (non-hydrogen) atoms. The minimum atomic E-state index is -4.05. The maximum atomic E-state index is 13.3. The van der Waals surface area contributed by atoms with Gasteiger partial charge in [-0.3, -0.25) is 4.79 Å². The molecule has 0 aliphatic heterocycles. The molecule has 0 heterocycles. The lowest BCUT2D eigenvalue weighted by Crippen LogP contribution is -2.39. The van der Waals surface area contributed by atoms with E-state index < -0.39 is 28.3 Å². The first-order chi connectivity index (χ1) is 16.4. The number of rotatable bonds is 8. The molecule has 0 aliphatic rings. The van der Waals surface area contributed by atoms with Crippen molar-refractivity contribution in [1.82, 2.24) is 9.73 Å². The Morgan fingerprint density at radius 1 is 1.00 bits per heavy atom. The van der Waals surface area contributed by atoms with Crippen molar-refractivity contribution in [3.8, 4) is 0 Å². The van der Waals surface area contributed by atoms with Crippen LogP contribution in [0.25, 0.3) is 0 Å². The van der Waals surface area contributed by atoms with Crippen molar-refractivity contribution in [2.45, 2.75) is 37.6 Å². The molecule has 1 N–H and O–H groups in total. The minimum Gasteiger partial charge on any atom is -0.272 e. The van der Waals surface area contributed by atoms with E-state index in [4.69, 9.17) is 11.6 Å². The van der Waals surface area contributed by atoms with Gasteiger partial charge >= 0.3 is 0 Å². The van der Waals surface area contributed by atoms with Crippen molar-refractivity contribution < 1.29 is 17.6 Å². The van der Waals surface area contributed by atoms with E-state index in [2.05, 4.69) is 31.3 Å². The second kappa shape index (κ2) is 11.1. The highest BCUT2D eigenvalue weighted by Gasteiger charge is 2.27. The third-order valence-corrected chi connectivity index (χ3v) is 7.28. The van der Waals surface area contributed by atoms with E-state index in [1.54, 1.807) is 0 Å². The van der Waals surface area contributed by atoms with E-state index >= 15 is 0 Å². The summed E-state index contributed by atoms with van der Waals surface area (Å²) >= 11 is 5.88. The summed E-state index contributed by atoms with van der Waals surface area (Å²) < 4.78 is 40.8. The molecule has 1 amide bonds. The molecule has 0 atom stereocenters. The molecule has 0 bridgehead atoms. The summed E-state index contributed by atoms with van der Waals surface area (Å²) in [6.45, 7) is 5.74. The van der Waals surface area contributed by atoms with E-state index in [0.29, 0.717) is 10.6 Å². The lowest BCUT2D eigenvalue weighted by molar-refractivity contribution is -0.121. The van der Waals surface area contributed by atoms with Crippen LogP contribution in [0, 0.1) is 5.82 Å². The zero-order valence-corrected chi connectivity index (χ0v) is 21.3. The summed E-state index contributed by atoms with van der Waals surface area (Å²) in [7, 11) is -4.05. The first kappa shape index (κ1) is 26.5. The van der Waals surface area contributed by atoms with Crippen LogP contribution in [0.3, 0.4) is 0 Å². The number of halogens is 2. The number of nitrogens with zero attached hydrogens (tertiary/aromatic N) is 2. The largest absolute Gasteiger partial charge is 0.272 e. The van der Waals surface area contributed by atoms with Gasteiger partial charge in [-0.2, -0.15) is 9.41 Å². The molecule has 0 fully saturated rings. The van der Waals surface area contributed by atoms with Crippen LogP contribution in [-0.4, -0.2) is 31.4 Å². The van der Waals surface area contributed by atoms with E-state index in [0.717, 1.165) is 9.87 Å². The maximum absolute atomic E-state index is 13.3. The van der Waals surface area contributed by atoms with Gasteiger partial charge in [0.1, 0.15) is 5.82 Å². The Kier molecular flexibility index (Phi) is 8.43. The monoisotopic (exact) mass is 515 g/mol. The Morgan fingerprint density at radius 3 is 2.17 bits per heavy atom. The van der Waals surface area contributed by atoms with Gasteiger partial charge in [0.15, 0.2) is 0 Å². The standard InChI is InChI=1S/C26H27ClFN3O3S/c1-26(2,3)21-8-4-19(5-9-21)16-29-30-25(32)18-31(17-20-6-12-23(28)13-7-20)35(33,34)24-14-10-22(27)11-15-24/h4-16H,17-18H2,1-3H3,(H,30,32)/b29-16-. The summed E-state index contributed by atoms with van der Waals surface area (Å²) in [6, 6.07) is 18.8. The highest BCUT2D eigenvalue weighted by atomic mass is 35.5. The van der Waals surface area contributed by atoms with Crippen molar-refractivity contribution >= 4 is 33.7 Å². The van der Waals surface area contributed by atoms with E-state index in [-0.39, 0.29) is 16.9 Å². The van der Waals surface area contributed by atoms with E-state index in [1.165, 1.54) is 60.3 Å². The molecule has 3 rings (SSSR count). The first-order valence-electron chi connectivity index (χ1n) is 10.9. The van der Waals surface area contributed by atoms with Crippen LogP contribution in [0.5, 0.6) is 0 Å². The van der Waals surface area contributed by atoms with E-state index in [9.17, 15) is 17.6 Å². The summed E-state index contributed by atoms with van der Waals surface area (Å²) in [6.07, 6.45) is 1.49. The van der Waals surface area contributed by atoms with Crippen molar-refractivity contribution in [2.75, 3.05) is 6.54 Å². The molecule has 0 radical (unpaired) electrons. The molecule has 3 aromatic carbocycles. The van der Waals surface area contributed by atoms with Crippen molar-refractivity contribution in [3.63, 3.8) is 0 Å². The average molecular weight is 516 g/mol. The number of benzene rings is 3. The Balaban J connectivity index is 1.75. The highest BCUT2D eigenvalue weighted by molar-refractivity contribution is 7.89. The molecular weight excluding hydrogens is 489 g/mol. The first-order valence-corrected chi connectivity index (χ1v) is 12.7. The smallest absolute Gasteiger partial charge is 0.255 e. The SMILES string of the molecule is CC(C)(C)c1ccc(/C=N\NC(=O)CN(Cc2ccc(F)cc2)S(=O)(=O)c2ccc(Cl)cc2)cc1. The summed E-state index contributed by atoms with van der Waals surface area (Å²) in [4.78, 5) is 12.6. The van der Waals surface area contributed by atoms with Gasteiger partial charge in [-0.25, -0.2) is 18.2 Å². The number of hydrogen-bond acceptors (Lipinski definition) is 4. The zero-order chi connectivity index (χ0) is 25.6. The van der Waals surface area contributed by atoms with Crippen molar-refractivity contribution in [1.29, 1.82) is 0 Å². The quantitative estimate of drug-likeness (QED) is 0.334. The van der Waals surface area contributed by atoms with Gasteiger partial charge in [0, 0.05) is 11.6 Å². The van der Waals surface area contributed by atoms with Crippen LogP contribution >= 0.6 is 11.6 Å². The maximum Gasteiger partial charge on any atom is 0.255 e. The Labute approximate surface area is 210 Å². The van der Waals surface area contributed by atoms with Gasteiger partial charge in [-0.05, 0) is 58.5 Å². The summed E-state index contributed by atoms with van der Waals surface area (Å²) in [5.41, 5.74) is 4.88. The number of hydrogen-bond donors (Lipinski definition) is 1. The molecule has 0 aromatic heterocycles. The number of nitrogens with one attached hydrogen (secondary N) is 1. The minimum absolute atomic E-state index is 0.0146. The van der Waals surface area contributed by atoms with Gasteiger partial charge in [-0.15, -0.1) is 0 Å². The second-order valence-electron chi connectivity index (χ2n) is 9.02. The number of carbonyl (C=O) groups is 1. The molecular formula is C26H27ClFN3O3S. The number of hydrazone groups is 1. The number of amides is 1. The van der Waals surface area contributed by atoms with Gasteiger partial charge < -0.3 is 0 Å². The Hall–Kier alpha value is -3.07. The fourth-order valence-corrected chi connectivity index (χ4v) is 4.73. The van der Waals surface area contributed by atoms with Gasteiger partial charge in [0.2, 0.25) is 10.0 Å². The molecule has 3 aromatic rings. The Morgan fingerprint density at radius 2 is 1.60 bits per heavy atom. The third-order valence-electron chi connectivity index (χ3n) is 5.22. The second-order valence-corrected chi connectivity index (χ2v) is 11.4. The van der Waals surface area contributed by atoms with Crippen molar-refractivity contribution in [2.24, 2.45) is 5.10 Å². The average Bonchev–Trinajstić information content (AvgIpc) is 2.80. The van der Waals surface area contributed by atoms with Crippen LogP contribution in [0.1, 0.15) is 37.5 Å². The summed E-state index contributed by atoms with van der Waals surface area (Å²) in [5, 5.41) is 4.34. The molecule has 0 saturated carbocycles. The molecule has 0 spiro atoms. The predicted molar refractivity (Wildman–Crippen MR) is 136 cm³/mol. The molecule has 184 valence electrons. The molecule has 6 nitrogen and oxygen atoms in total. The van der Waals surface area contributed by atoms with Crippen molar-refractivity contribution in [3.05, 3.63) is 100 Å². The lowest BCUT2D eigenvalue weighted by Gasteiger charge is -2.21. The normalized spacial score (nSPS) is 12.3. The topological polar surface area (TPSA) is 78.8 Å². The van der Waals surface area contributed by atoms with Gasteiger partial charge in [-0.1, -0.05) is 68.8 Å². The lowest BCUT2D eigenvalue weighted by atomic mass is 9.87. The fourth-order valence-electron chi connectivity index (χ4n) is 3.22. The molecule has 9 heteroatoms. The van der Waals surface area contributed by atoms with Gasteiger partial charge in [0.25, 0.3) is 5.91 Å². The molecule has 0 saturated heterocycles. The van der Waals surface area contributed by atoms with Crippen LogP contribution in [0.15, 0.2) is 82.8 Å². The Bertz CT molecular complexity index is 1290.